The maximum absolute atomic E-state index is 5.16. The molecule has 1 fully saturated rings. The van der Waals surface area contributed by atoms with E-state index in [-0.39, 0.29) is 0 Å². The van der Waals surface area contributed by atoms with E-state index < -0.39 is 0 Å². The van der Waals surface area contributed by atoms with Crippen LogP contribution in [0.15, 0.2) is 0 Å². The van der Waals surface area contributed by atoms with Gasteiger partial charge in [-0.15, -0.1) is 0 Å². The number of rotatable bonds is 2. The second kappa shape index (κ2) is 2.99. The van der Waals surface area contributed by atoms with Crippen LogP contribution in [0.3, 0.4) is 0 Å². The Balaban J connectivity index is 1.96. The van der Waals surface area contributed by atoms with Gasteiger partial charge >= 0.3 is 0 Å². The third kappa shape index (κ3) is 1.30. The molecule has 1 aliphatic heterocycles. The molecule has 5 heteroatoms. The fourth-order valence-electron chi connectivity index (χ4n) is 1.16. The second-order valence-electron chi connectivity index (χ2n) is 2.89. The molecule has 0 radical (unpaired) electrons. The van der Waals surface area contributed by atoms with Gasteiger partial charge in [0.1, 0.15) is 5.82 Å². The number of methoxy groups -OCH3 is 1. The van der Waals surface area contributed by atoms with Crippen LogP contribution in [-0.2, 0) is 4.74 Å². The largest absolute Gasteiger partial charge is 0.378 e. The fraction of sp³-hybridized carbons (Fsp3) is 0.714. The summed E-state index contributed by atoms with van der Waals surface area (Å²) in [7, 11) is 1.74. The monoisotopic (exact) mass is 185 g/mol. The third-order valence-corrected chi connectivity index (χ3v) is 2.84. The first kappa shape index (κ1) is 7.94. The molecule has 1 aromatic rings. The fourth-order valence-corrected chi connectivity index (χ4v) is 1.85. The Bertz CT molecular complexity index is 269. The van der Waals surface area contributed by atoms with Gasteiger partial charge in [-0.25, -0.2) is 4.98 Å². The van der Waals surface area contributed by atoms with E-state index in [0.29, 0.717) is 6.10 Å². The molecule has 0 N–H and O–H groups in total. The van der Waals surface area contributed by atoms with Crippen LogP contribution in [0, 0.1) is 6.92 Å². The molecule has 0 atom stereocenters. The molecule has 0 amide bonds. The van der Waals surface area contributed by atoms with Crippen LogP contribution in [-0.4, -0.2) is 35.7 Å². The first-order valence-electron chi connectivity index (χ1n) is 3.87. The number of nitrogens with zero attached hydrogens (tertiary/aromatic N) is 3. The molecule has 0 aromatic carbocycles. The van der Waals surface area contributed by atoms with Gasteiger partial charge in [0.05, 0.1) is 6.10 Å². The summed E-state index contributed by atoms with van der Waals surface area (Å²) in [5, 5.41) is 1.01. The highest BCUT2D eigenvalue weighted by atomic mass is 32.1. The predicted octanol–water partition coefficient (Wildman–Crippen LogP) is 0.682. The Labute approximate surface area is 75.3 Å². The zero-order chi connectivity index (χ0) is 8.55. The summed E-state index contributed by atoms with van der Waals surface area (Å²) in [6.45, 7) is 3.81. The number of aromatic nitrogens is 2. The van der Waals surface area contributed by atoms with Crippen molar-refractivity contribution in [3.63, 3.8) is 0 Å². The van der Waals surface area contributed by atoms with E-state index >= 15 is 0 Å². The molecule has 0 saturated carbocycles. The molecule has 66 valence electrons. The van der Waals surface area contributed by atoms with Crippen molar-refractivity contribution in [1.29, 1.82) is 0 Å². The summed E-state index contributed by atoms with van der Waals surface area (Å²) in [6, 6.07) is 0. The van der Waals surface area contributed by atoms with Gasteiger partial charge in [-0.05, 0) is 6.92 Å². The summed E-state index contributed by atoms with van der Waals surface area (Å²) in [5.41, 5.74) is 0. The lowest BCUT2D eigenvalue weighted by Gasteiger charge is -2.37. The normalized spacial score (nSPS) is 18.0. The van der Waals surface area contributed by atoms with Gasteiger partial charge in [0.15, 0.2) is 0 Å². The molecule has 2 rings (SSSR count). The van der Waals surface area contributed by atoms with E-state index in [4.69, 9.17) is 4.74 Å². The lowest BCUT2D eigenvalue weighted by Crippen LogP contribution is -2.51. The molecule has 1 aromatic heterocycles. The van der Waals surface area contributed by atoms with Crippen molar-refractivity contribution >= 4 is 16.7 Å². The van der Waals surface area contributed by atoms with Crippen LogP contribution in [0.5, 0.6) is 0 Å². The number of aryl methyl sites for hydroxylation is 1. The van der Waals surface area contributed by atoms with Crippen LogP contribution in [0.4, 0.5) is 5.13 Å². The number of anilines is 1. The van der Waals surface area contributed by atoms with E-state index in [1.54, 1.807) is 7.11 Å². The Hall–Kier alpha value is -0.680. The maximum atomic E-state index is 5.16. The summed E-state index contributed by atoms with van der Waals surface area (Å²) >= 11 is 1.46. The highest BCUT2D eigenvalue weighted by Gasteiger charge is 2.28. The number of hydrogen-bond donors (Lipinski definition) is 0. The van der Waals surface area contributed by atoms with Crippen LogP contribution < -0.4 is 4.90 Å². The van der Waals surface area contributed by atoms with Crippen molar-refractivity contribution in [1.82, 2.24) is 9.36 Å². The van der Waals surface area contributed by atoms with Gasteiger partial charge < -0.3 is 9.64 Å². The topological polar surface area (TPSA) is 38.2 Å². The molecule has 4 nitrogen and oxygen atoms in total. The maximum Gasteiger partial charge on any atom is 0.205 e. The molecule has 0 spiro atoms. The highest BCUT2D eigenvalue weighted by molar-refractivity contribution is 7.09. The van der Waals surface area contributed by atoms with Crippen molar-refractivity contribution in [2.75, 3.05) is 25.1 Å². The third-order valence-electron chi connectivity index (χ3n) is 1.97. The Morgan fingerprint density at radius 1 is 1.58 bits per heavy atom. The Morgan fingerprint density at radius 3 is 2.83 bits per heavy atom. The van der Waals surface area contributed by atoms with Gasteiger partial charge in [-0.3, -0.25) is 0 Å². The lowest BCUT2D eigenvalue weighted by molar-refractivity contribution is 0.0787. The quantitative estimate of drug-likeness (QED) is 0.679. The minimum absolute atomic E-state index is 0.384. The Kier molecular flexibility index (Phi) is 1.98. The SMILES string of the molecule is COC1CN(c2nc(C)ns2)C1. The Morgan fingerprint density at radius 2 is 2.33 bits per heavy atom. The minimum atomic E-state index is 0.384. The van der Waals surface area contributed by atoms with Crippen LogP contribution in [0.25, 0.3) is 0 Å². The van der Waals surface area contributed by atoms with E-state index in [0.717, 1.165) is 24.0 Å². The second-order valence-corrected chi connectivity index (χ2v) is 3.62. The first-order chi connectivity index (χ1) is 5.79. The summed E-state index contributed by atoms with van der Waals surface area (Å²) in [5.74, 6) is 0.857. The average molecular weight is 185 g/mol. The molecule has 1 saturated heterocycles. The standard InChI is InChI=1S/C7H11N3OS/c1-5-8-7(12-9-5)10-3-6(4-10)11-2/h6H,3-4H2,1-2H3. The van der Waals surface area contributed by atoms with E-state index in [2.05, 4.69) is 14.3 Å². The number of ether oxygens (including phenoxy) is 1. The van der Waals surface area contributed by atoms with Gasteiger partial charge in [0, 0.05) is 31.7 Å². The molecular weight excluding hydrogens is 174 g/mol. The molecule has 12 heavy (non-hydrogen) atoms. The summed E-state index contributed by atoms with van der Waals surface area (Å²) in [6.07, 6.45) is 0.384. The molecule has 0 aliphatic carbocycles. The smallest absolute Gasteiger partial charge is 0.205 e. The van der Waals surface area contributed by atoms with Crippen molar-refractivity contribution in [2.45, 2.75) is 13.0 Å². The van der Waals surface area contributed by atoms with Gasteiger partial charge in [0.2, 0.25) is 5.13 Å². The van der Waals surface area contributed by atoms with E-state index in [1.165, 1.54) is 11.5 Å². The van der Waals surface area contributed by atoms with Crippen molar-refractivity contribution in [2.24, 2.45) is 0 Å². The van der Waals surface area contributed by atoms with Crippen LogP contribution in [0.2, 0.25) is 0 Å². The molecule has 0 unspecified atom stereocenters. The zero-order valence-electron chi connectivity index (χ0n) is 7.15. The zero-order valence-corrected chi connectivity index (χ0v) is 7.97. The van der Waals surface area contributed by atoms with Gasteiger partial charge in [-0.1, -0.05) is 0 Å². The predicted molar refractivity (Wildman–Crippen MR) is 47.7 cm³/mol. The van der Waals surface area contributed by atoms with Gasteiger partial charge in [0.25, 0.3) is 0 Å². The lowest BCUT2D eigenvalue weighted by atomic mass is 10.2. The molecule has 2 heterocycles. The van der Waals surface area contributed by atoms with Crippen molar-refractivity contribution in [3.05, 3.63) is 5.82 Å². The minimum Gasteiger partial charge on any atom is -0.378 e. The highest BCUT2D eigenvalue weighted by Crippen LogP contribution is 2.23. The van der Waals surface area contributed by atoms with E-state index in [1.807, 2.05) is 6.92 Å². The molecule has 1 aliphatic rings. The molecular formula is C7H11N3OS. The van der Waals surface area contributed by atoms with Crippen molar-refractivity contribution in [3.8, 4) is 0 Å². The summed E-state index contributed by atoms with van der Waals surface area (Å²) in [4.78, 5) is 6.46. The summed E-state index contributed by atoms with van der Waals surface area (Å²) < 4.78 is 9.28. The molecule has 0 bridgehead atoms. The van der Waals surface area contributed by atoms with E-state index in [9.17, 15) is 0 Å². The number of hydrogen-bond acceptors (Lipinski definition) is 5. The van der Waals surface area contributed by atoms with Gasteiger partial charge in [-0.2, -0.15) is 4.37 Å². The first-order valence-corrected chi connectivity index (χ1v) is 4.65. The van der Waals surface area contributed by atoms with Crippen LogP contribution in [0.1, 0.15) is 5.82 Å². The average Bonchev–Trinajstić information content (AvgIpc) is 2.34. The van der Waals surface area contributed by atoms with Crippen molar-refractivity contribution < 1.29 is 4.74 Å². The van der Waals surface area contributed by atoms with Crippen LogP contribution >= 0.6 is 11.5 Å².